The average molecular weight is 361 g/mol. The van der Waals surface area contributed by atoms with Gasteiger partial charge in [-0.2, -0.15) is 0 Å². The quantitative estimate of drug-likeness (QED) is 0.879. The lowest BCUT2D eigenvalue weighted by Crippen LogP contribution is -3.19. The zero-order valence-electron chi connectivity index (χ0n) is 16.7. The van der Waals surface area contributed by atoms with E-state index in [1.165, 1.54) is 17.0 Å². The molecule has 0 bridgehead atoms. The number of quaternary nitrogens is 1. The zero-order chi connectivity index (χ0) is 18.7. The molecule has 2 saturated heterocycles. The fourth-order valence-electron chi connectivity index (χ4n) is 4.58. The molecule has 144 valence electrons. The van der Waals surface area contributed by atoms with Crippen LogP contribution in [0.2, 0.25) is 0 Å². The van der Waals surface area contributed by atoms with Gasteiger partial charge in [-0.15, -0.1) is 0 Å². The van der Waals surface area contributed by atoms with Crippen LogP contribution >= 0.6 is 0 Å². The van der Waals surface area contributed by atoms with Crippen LogP contribution in [0.25, 0.3) is 0 Å². The number of methoxy groups -OCH3 is 1. The first-order valence-corrected chi connectivity index (χ1v) is 10.00. The minimum absolute atomic E-state index is 0.0555. The van der Waals surface area contributed by atoms with Crippen molar-refractivity contribution < 1.29 is 14.4 Å². The lowest BCUT2D eigenvalue weighted by Gasteiger charge is -2.40. The van der Waals surface area contributed by atoms with Crippen LogP contribution < -0.4 is 14.5 Å². The van der Waals surface area contributed by atoms with Crippen molar-refractivity contribution in [1.82, 2.24) is 4.90 Å². The lowest BCUT2D eigenvalue weighted by atomic mass is 9.91. The van der Waals surface area contributed by atoms with Crippen LogP contribution in [0.15, 0.2) is 24.3 Å². The molecule has 1 N–H and O–H groups in total. The number of hydrogen-bond donors (Lipinski definition) is 1. The third-order valence-corrected chi connectivity index (χ3v) is 5.99. The van der Waals surface area contributed by atoms with E-state index in [1.54, 1.807) is 7.11 Å². The Kier molecular flexibility index (Phi) is 6.07. The Labute approximate surface area is 157 Å². The maximum Gasteiger partial charge on any atom is 0.280 e. The van der Waals surface area contributed by atoms with Gasteiger partial charge in [0.2, 0.25) is 0 Å². The lowest BCUT2D eigenvalue weighted by molar-refractivity contribution is -0.915. The summed E-state index contributed by atoms with van der Waals surface area (Å²) in [5, 5.41) is 0. The van der Waals surface area contributed by atoms with Crippen LogP contribution in [0.4, 0.5) is 5.69 Å². The summed E-state index contributed by atoms with van der Waals surface area (Å²) >= 11 is 0. The van der Waals surface area contributed by atoms with Crippen LogP contribution in [0.1, 0.15) is 27.2 Å². The summed E-state index contributed by atoms with van der Waals surface area (Å²) in [4.78, 5) is 18.9. The molecule has 0 spiro atoms. The van der Waals surface area contributed by atoms with Gasteiger partial charge >= 0.3 is 0 Å². The molecule has 3 rings (SSSR count). The highest BCUT2D eigenvalue weighted by Gasteiger charge is 2.34. The van der Waals surface area contributed by atoms with E-state index in [2.05, 4.69) is 42.7 Å². The summed E-state index contributed by atoms with van der Waals surface area (Å²) in [5.74, 6) is 2.48. The average Bonchev–Trinajstić information content (AvgIpc) is 2.66. The Morgan fingerprint density at radius 3 is 2.46 bits per heavy atom. The molecule has 5 heteroatoms. The van der Waals surface area contributed by atoms with Gasteiger partial charge in [0.25, 0.3) is 5.91 Å². The standard InChI is InChI=1S/C21H33N3O2/c1-16-12-17(2)15-24(14-16)21(25)18(3)22-8-10-23(11-9-22)19-6-5-7-20(13-19)26-4/h5-7,13,16-18H,8-12,14-15H2,1-4H3/p+1/t16-,17-,18-/m1/s1. The molecule has 2 aliphatic heterocycles. The Hall–Kier alpha value is -1.75. The predicted octanol–water partition coefficient (Wildman–Crippen LogP) is 1.29. The summed E-state index contributed by atoms with van der Waals surface area (Å²) in [6, 6.07) is 8.30. The molecule has 1 amide bonds. The van der Waals surface area contributed by atoms with Gasteiger partial charge < -0.3 is 19.4 Å². The fourth-order valence-corrected chi connectivity index (χ4v) is 4.58. The number of amides is 1. The second-order valence-electron chi connectivity index (χ2n) is 8.26. The number of rotatable bonds is 4. The maximum absolute atomic E-state index is 13.0. The highest BCUT2D eigenvalue weighted by atomic mass is 16.5. The minimum atomic E-state index is 0.0555. The Morgan fingerprint density at radius 2 is 1.85 bits per heavy atom. The molecular formula is C21H34N3O2+. The number of likely N-dealkylation sites (tertiary alicyclic amines) is 1. The van der Waals surface area contributed by atoms with Gasteiger partial charge in [-0.25, -0.2) is 0 Å². The van der Waals surface area contributed by atoms with Gasteiger partial charge in [0.15, 0.2) is 6.04 Å². The SMILES string of the molecule is COc1cccc(N2CC[NH+]([C@H](C)C(=O)N3C[C@H](C)C[C@@H](C)C3)CC2)c1. The van der Waals surface area contributed by atoms with Gasteiger partial charge in [0, 0.05) is 24.8 Å². The summed E-state index contributed by atoms with van der Waals surface area (Å²) < 4.78 is 5.34. The van der Waals surface area contributed by atoms with Crippen molar-refractivity contribution in [3.05, 3.63) is 24.3 Å². The summed E-state index contributed by atoms with van der Waals surface area (Å²) in [6.45, 7) is 12.5. The topological polar surface area (TPSA) is 37.2 Å². The van der Waals surface area contributed by atoms with Crippen LogP contribution in [-0.4, -0.2) is 63.2 Å². The van der Waals surface area contributed by atoms with E-state index < -0.39 is 0 Å². The molecule has 5 nitrogen and oxygen atoms in total. The normalized spacial score (nSPS) is 25.8. The Balaban J connectivity index is 1.56. The van der Waals surface area contributed by atoms with E-state index in [9.17, 15) is 4.79 Å². The van der Waals surface area contributed by atoms with Gasteiger partial charge in [-0.3, -0.25) is 4.79 Å². The summed E-state index contributed by atoms with van der Waals surface area (Å²) in [7, 11) is 1.71. The van der Waals surface area contributed by atoms with Crippen molar-refractivity contribution >= 4 is 11.6 Å². The number of nitrogens with one attached hydrogen (secondary N) is 1. The number of carbonyl (C=O) groups excluding carboxylic acids is 1. The molecular weight excluding hydrogens is 326 g/mol. The van der Waals surface area contributed by atoms with E-state index in [0.717, 1.165) is 45.0 Å². The minimum Gasteiger partial charge on any atom is -0.497 e. The Bertz CT molecular complexity index is 603. The molecule has 1 aromatic carbocycles. The smallest absolute Gasteiger partial charge is 0.280 e. The van der Waals surface area contributed by atoms with E-state index in [-0.39, 0.29) is 6.04 Å². The van der Waals surface area contributed by atoms with Crippen LogP contribution in [0, 0.1) is 11.8 Å². The molecule has 2 aliphatic rings. The first-order chi connectivity index (χ1) is 12.5. The first kappa shape index (κ1) is 19.0. The zero-order valence-corrected chi connectivity index (χ0v) is 16.7. The first-order valence-electron chi connectivity index (χ1n) is 10.00. The predicted molar refractivity (Wildman–Crippen MR) is 105 cm³/mol. The Morgan fingerprint density at radius 1 is 1.19 bits per heavy atom. The van der Waals surface area contributed by atoms with Gasteiger partial charge in [-0.05, 0) is 37.3 Å². The van der Waals surface area contributed by atoms with Crippen molar-refractivity contribution in [2.24, 2.45) is 11.8 Å². The van der Waals surface area contributed by atoms with E-state index >= 15 is 0 Å². The number of piperidine rings is 1. The number of ether oxygens (including phenoxy) is 1. The van der Waals surface area contributed by atoms with Gasteiger partial charge in [-0.1, -0.05) is 19.9 Å². The third kappa shape index (κ3) is 4.32. The number of anilines is 1. The van der Waals surface area contributed by atoms with Gasteiger partial charge in [0.1, 0.15) is 5.75 Å². The van der Waals surface area contributed by atoms with Gasteiger partial charge in [0.05, 0.1) is 33.3 Å². The van der Waals surface area contributed by atoms with Crippen molar-refractivity contribution in [2.75, 3.05) is 51.3 Å². The molecule has 0 aliphatic carbocycles. The number of benzene rings is 1. The maximum atomic E-state index is 13.0. The number of piperazine rings is 1. The summed E-state index contributed by atoms with van der Waals surface area (Å²) in [5.41, 5.74) is 1.21. The van der Waals surface area contributed by atoms with E-state index in [1.807, 2.05) is 12.1 Å². The highest BCUT2D eigenvalue weighted by molar-refractivity contribution is 5.80. The van der Waals surface area contributed by atoms with Crippen molar-refractivity contribution in [2.45, 2.75) is 33.2 Å². The molecule has 2 fully saturated rings. The number of nitrogens with zero attached hydrogens (tertiary/aromatic N) is 2. The molecule has 0 unspecified atom stereocenters. The van der Waals surface area contributed by atoms with E-state index in [4.69, 9.17) is 4.74 Å². The largest absolute Gasteiger partial charge is 0.497 e. The third-order valence-electron chi connectivity index (χ3n) is 5.99. The van der Waals surface area contributed by atoms with Crippen molar-refractivity contribution in [1.29, 1.82) is 0 Å². The fraction of sp³-hybridized carbons (Fsp3) is 0.667. The van der Waals surface area contributed by atoms with Crippen molar-refractivity contribution in [3.8, 4) is 5.75 Å². The highest BCUT2D eigenvalue weighted by Crippen LogP contribution is 2.22. The van der Waals surface area contributed by atoms with E-state index in [0.29, 0.717) is 17.7 Å². The second kappa shape index (κ2) is 8.30. The second-order valence-corrected chi connectivity index (χ2v) is 8.26. The molecule has 0 radical (unpaired) electrons. The molecule has 2 heterocycles. The van der Waals surface area contributed by atoms with Crippen LogP contribution in [0.5, 0.6) is 5.75 Å². The number of carbonyl (C=O) groups is 1. The molecule has 0 saturated carbocycles. The summed E-state index contributed by atoms with van der Waals surface area (Å²) in [6.07, 6.45) is 1.24. The molecule has 0 aromatic heterocycles. The van der Waals surface area contributed by atoms with Crippen LogP contribution in [-0.2, 0) is 4.79 Å². The molecule has 26 heavy (non-hydrogen) atoms. The monoisotopic (exact) mass is 360 g/mol. The molecule has 3 atom stereocenters. The molecule has 1 aromatic rings. The van der Waals surface area contributed by atoms with Crippen LogP contribution in [0.3, 0.4) is 0 Å². The van der Waals surface area contributed by atoms with Crippen molar-refractivity contribution in [3.63, 3.8) is 0 Å². The number of hydrogen-bond acceptors (Lipinski definition) is 3.